The summed E-state index contributed by atoms with van der Waals surface area (Å²) in [6.07, 6.45) is 1.71. The fourth-order valence-electron chi connectivity index (χ4n) is 2.39. The Bertz CT molecular complexity index is 879. The van der Waals surface area contributed by atoms with Crippen molar-refractivity contribution in [1.82, 2.24) is 9.97 Å². The topological polar surface area (TPSA) is 29.0 Å². The Kier molecular flexibility index (Phi) is 4.26. The lowest BCUT2D eigenvalue weighted by Gasteiger charge is -2.23. The minimum atomic E-state index is -0.322. The van der Waals surface area contributed by atoms with Gasteiger partial charge in [0.25, 0.3) is 0 Å². The summed E-state index contributed by atoms with van der Waals surface area (Å²) in [5.74, 6) is 0.160. The maximum Gasteiger partial charge on any atom is 0.172 e. The van der Waals surface area contributed by atoms with Crippen molar-refractivity contribution in [3.63, 3.8) is 0 Å². The van der Waals surface area contributed by atoms with Gasteiger partial charge in [0, 0.05) is 12.2 Å². The van der Waals surface area contributed by atoms with Gasteiger partial charge in [-0.05, 0) is 42.8 Å². The molecular weight excluding hydrogens is 313 g/mol. The Morgan fingerprint density at radius 2 is 2.00 bits per heavy atom. The van der Waals surface area contributed by atoms with Crippen LogP contribution in [0.15, 0.2) is 55.1 Å². The number of fused-ring (bicyclic) bond motifs is 1. The Labute approximate surface area is 139 Å². The van der Waals surface area contributed by atoms with Crippen LogP contribution in [0.2, 0.25) is 5.15 Å². The largest absolute Gasteiger partial charge is 0.320 e. The number of aromatic nitrogens is 2. The van der Waals surface area contributed by atoms with E-state index in [1.165, 1.54) is 12.1 Å². The molecule has 3 nitrogen and oxygen atoms in total. The summed E-state index contributed by atoms with van der Waals surface area (Å²) in [6, 6.07) is 12.1. The number of nitrogens with zero attached hydrogens (tertiary/aromatic N) is 3. The van der Waals surface area contributed by atoms with E-state index in [0.29, 0.717) is 18.1 Å². The van der Waals surface area contributed by atoms with Crippen molar-refractivity contribution in [2.75, 3.05) is 11.4 Å². The quantitative estimate of drug-likeness (QED) is 0.627. The van der Waals surface area contributed by atoms with Crippen molar-refractivity contribution in [1.29, 1.82) is 0 Å². The normalized spacial score (nSPS) is 10.7. The summed E-state index contributed by atoms with van der Waals surface area (Å²) < 4.78 is 13.6. The summed E-state index contributed by atoms with van der Waals surface area (Å²) in [5, 5.41) is 0.271. The molecule has 0 spiro atoms. The Morgan fingerprint density at radius 3 is 2.74 bits per heavy atom. The molecule has 0 saturated carbocycles. The van der Waals surface area contributed by atoms with Crippen molar-refractivity contribution < 1.29 is 4.39 Å². The molecule has 1 aromatic heterocycles. The number of halogens is 2. The van der Waals surface area contributed by atoms with Crippen LogP contribution in [0, 0.1) is 12.7 Å². The van der Waals surface area contributed by atoms with Gasteiger partial charge in [-0.15, -0.1) is 6.58 Å². The van der Waals surface area contributed by atoms with Gasteiger partial charge < -0.3 is 4.90 Å². The van der Waals surface area contributed by atoms with E-state index < -0.39 is 0 Å². The predicted molar refractivity (Wildman–Crippen MR) is 92.9 cm³/mol. The number of hydrogen-bond donors (Lipinski definition) is 0. The molecule has 0 aliphatic carbocycles. The van der Waals surface area contributed by atoms with E-state index in [0.717, 1.165) is 16.6 Å². The molecule has 0 saturated heterocycles. The van der Waals surface area contributed by atoms with E-state index in [4.69, 9.17) is 11.6 Å². The average Bonchev–Trinajstić information content (AvgIpc) is 2.52. The molecule has 3 aromatic rings. The molecule has 23 heavy (non-hydrogen) atoms. The van der Waals surface area contributed by atoms with E-state index in [2.05, 4.69) is 16.5 Å². The summed E-state index contributed by atoms with van der Waals surface area (Å²) in [5.41, 5.74) is 3.20. The minimum Gasteiger partial charge on any atom is -0.320 e. The zero-order valence-electron chi connectivity index (χ0n) is 12.6. The number of rotatable bonds is 4. The van der Waals surface area contributed by atoms with Gasteiger partial charge in [-0.2, -0.15) is 0 Å². The number of hydrogen-bond acceptors (Lipinski definition) is 3. The van der Waals surface area contributed by atoms with Crippen LogP contribution in [-0.4, -0.2) is 16.5 Å². The predicted octanol–water partition coefficient (Wildman–Crippen LogP) is 5.05. The monoisotopic (exact) mass is 327 g/mol. The summed E-state index contributed by atoms with van der Waals surface area (Å²) in [7, 11) is 0. The molecule has 0 radical (unpaired) electrons. The van der Waals surface area contributed by atoms with Crippen LogP contribution in [0.4, 0.5) is 15.9 Å². The smallest absolute Gasteiger partial charge is 0.172 e. The van der Waals surface area contributed by atoms with Crippen molar-refractivity contribution in [2.24, 2.45) is 0 Å². The first-order chi connectivity index (χ1) is 11.1. The molecular formula is C18H15ClFN3. The molecule has 0 fully saturated rings. The summed E-state index contributed by atoms with van der Waals surface area (Å²) in [6.45, 7) is 6.18. The lowest BCUT2D eigenvalue weighted by Crippen LogP contribution is -2.19. The second-order valence-electron chi connectivity index (χ2n) is 5.21. The first-order valence-corrected chi connectivity index (χ1v) is 7.54. The van der Waals surface area contributed by atoms with Gasteiger partial charge in [0.1, 0.15) is 5.82 Å². The molecule has 3 rings (SSSR count). The fraction of sp³-hybridized carbons (Fsp3) is 0.111. The van der Waals surface area contributed by atoms with Crippen LogP contribution < -0.4 is 4.90 Å². The van der Waals surface area contributed by atoms with E-state index in [1.807, 2.05) is 25.1 Å². The minimum absolute atomic E-state index is 0.271. The molecule has 0 N–H and O–H groups in total. The molecule has 0 unspecified atom stereocenters. The molecule has 2 aromatic carbocycles. The Balaban J connectivity index is 2.17. The molecule has 0 aliphatic rings. The van der Waals surface area contributed by atoms with E-state index in [9.17, 15) is 4.39 Å². The lowest BCUT2D eigenvalue weighted by atomic mass is 10.2. The van der Waals surface area contributed by atoms with Crippen molar-refractivity contribution in [3.8, 4) is 0 Å². The van der Waals surface area contributed by atoms with E-state index in [1.54, 1.807) is 23.1 Å². The highest BCUT2D eigenvalue weighted by Crippen LogP contribution is 2.31. The summed E-state index contributed by atoms with van der Waals surface area (Å²) >= 11 is 6.32. The molecule has 0 atom stereocenters. The lowest BCUT2D eigenvalue weighted by molar-refractivity contribution is 0.627. The zero-order valence-corrected chi connectivity index (χ0v) is 13.4. The first kappa shape index (κ1) is 15.4. The van der Waals surface area contributed by atoms with E-state index >= 15 is 0 Å². The maximum atomic E-state index is 13.6. The second-order valence-corrected chi connectivity index (χ2v) is 5.57. The van der Waals surface area contributed by atoms with Crippen molar-refractivity contribution in [3.05, 3.63) is 71.7 Å². The number of aryl methyl sites for hydroxylation is 1. The molecule has 1 heterocycles. The Morgan fingerprint density at radius 1 is 1.17 bits per heavy atom. The third-order valence-electron chi connectivity index (χ3n) is 3.45. The van der Waals surface area contributed by atoms with Crippen LogP contribution in [0.5, 0.6) is 0 Å². The maximum absolute atomic E-state index is 13.6. The van der Waals surface area contributed by atoms with Gasteiger partial charge in [-0.25, -0.2) is 14.4 Å². The highest BCUT2D eigenvalue weighted by Gasteiger charge is 2.16. The van der Waals surface area contributed by atoms with Crippen LogP contribution in [0.3, 0.4) is 0 Å². The molecule has 5 heteroatoms. The third-order valence-corrected chi connectivity index (χ3v) is 3.70. The molecule has 0 bridgehead atoms. The van der Waals surface area contributed by atoms with Gasteiger partial charge in [0.05, 0.1) is 11.0 Å². The molecule has 116 valence electrons. The first-order valence-electron chi connectivity index (χ1n) is 7.16. The van der Waals surface area contributed by atoms with Crippen molar-refractivity contribution in [2.45, 2.75) is 6.92 Å². The third kappa shape index (κ3) is 3.17. The molecule has 0 aliphatic heterocycles. The van der Waals surface area contributed by atoms with Gasteiger partial charge >= 0.3 is 0 Å². The van der Waals surface area contributed by atoms with Crippen LogP contribution in [-0.2, 0) is 0 Å². The van der Waals surface area contributed by atoms with Crippen LogP contribution >= 0.6 is 11.6 Å². The van der Waals surface area contributed by atoms with Crippen LogP contribution in [0.25, 0.3) is 11.0 Å². The Hall–Kier alpha value is -2.46. The van der Waals surface area contributed by atoms with Gasteiger partial charge in [-0.1, -0.05) is 29.8 Å². The standard InChI is InChI=1S/C18H15ClFN3/c1-3-9-23(14-6-4-5-13(20)11-14)18-17(19)21-15-8-7-12(2)10-16(15)22-18/h3-8,10-11H,1,9H2,2H3. The average molecular weight is 328 g/mol. The summed E-state index contributed by atoms with van der Waals surface area (Å²) in [4.78, 5) is 10.8. The fourth-order valence-corrected chi connectivity index (χ4v) is 2.63. The number of anilines is 2. The highest BCUT2D eigenvalue weighted by molar-refractivity contribution is 6.32. The number of benzene rings is 2. The second kappa shape index (κ2) is 6.34. The zero-order chi connectivity index (χ0) is 16.4. The molecule has 0 amide bonds. The van der Waals surface area contributed by atoms with Gasteiger partial charge in [0.2, 0.25) is 0 Å². The van der Waals surface area contributed by atoms with E-state index in [-0.39, 0.29) is 11.0 Å². The highest BCUT2D eigenvalue weighted by atomic mass is 35.5. The van der Waals surface area contributed by atoms with Crippen molar-refractivity contribution >= 4 is 34.1 Å². The van der Waals surface area contributed by atoms with Gasteiger partial charge in [0.15, 0.2) is 11.0 Å². The SMILES string of the molecule is C=CCN(c1cccc(F)c1)c1nc2cc(C)ccc2nc1Cl. The van der Waals surface area contributed by atoms with Gasteiger partial charge in [-0.3, -0.25) is 0 Å². The van der Waals surface area contributed by atoms with Crippen LogP contribution in [0.1, 0.15) is 5.56 Å².